The molecule has 0 amide bonds. The number of hydrogen-bond donors (Lipinski definition) is 0. The van der Waals surface area contributed by atoms with E-state index in [1.54, 1.807) is 41.4 Å². The average molecular weight is 429 g/mol. The molecule has 1 aromatic carbocycles. The zero-order chi connectivity index (χ0) is 21.2. The summed E-state index contributed by atoms with van der Waals surface area (Å²) in [7, 11) is 1.73. The molecule has 31 heavy (non-hydrogen) atoms. The average Bonchev–Trinajstić information content (AvgIpc) is 3.28. The highest BCUT2D eigenvalue weighted by atomic mass is 32.1. The van der Waals surface area contributed by atoms with Gasteiger partial charge in [0, 0.05) is 35.7 Å². The van der Waals surface area contributed by atoms with Crippen LogP contribution >= 0.6 is 11.3 Å². The van der Waals surface area contributed by atoms with Crippen LogP contribution in [-0.2, 0) is 13.5 Å². The number of ether oxygens (including phenoxy) is 1. The minimum Gasteiger partial charge on any atom is -0.494 e. The molecule has 154 valence electrons. The Morgan fingerprint density at radius 2 is 1.97 bits per heavy atom. The molecule has 0 atom stereocenters. The summed E-state index contributed by atoms with van der Waals surface area (Å²) in [6, 6.07) is 13.5. The zero-order valence-corrected chi connectivity index (χ0v) is 17.8. The van der Waals surface area contributed by atoms with E-state index >= 15 is 0 Å². The number of rotatable bonds is 6. The highest BCUT2D eigenvalue weighted by Crippen LogP contribution is 2.25. The van der Waals surface area contributed by atoms with Crippen molar-refractivity contribution in [1.82, 2.24) is 19.5 Å². The number of aryl methyl sites for hydroxylation is 1. The normalized spacial score (nSPS) is 11.3. The van der Waals surface area contributed by atoms with E-state index in [0.717, 1.165) is 22.9 Å². The summed E-state index contributed by atoms with van der Waals surface area (Å²) in [5.41, 5.74) is 2.44. The Morgan fingerprint density at radius 1 is 1.10 bits per heavy atom. The molecule has 6 nitrogen and oxygen atoms in total. The summed E-state index contributed by atoms with van der Waals surface area (Å²) in [5, 5.41) is 3.65. The standard InChI is InChI=1S/C24H20N4O2S/c1-28-23(21-14-22-17(15-26-21)8-12-31-22)27-20-5-4-18(13-19(20)24(28)29)30-11-2-3-16-6-9-25-10-7-16/h4-10,12-15H,2-3,11H2,1H3. The van der Waals surface area contributed by atoms with Crippen molar-refractivity contribution in [2.24, 2.45) is 7.05 Å². The van der Waals surface area contributed by atoms with Crippen molar-refractivity contribution < 1.29 is 4.74 Å². The van der Waals surface area contributed by atoms with Crippen LogP contribution in [0.2, 0.25) is 0 Å². The van der Waals surface area contributed by atoms with Crippen LogP contribution < -0.4 is 10.3 Å². The van der Waals surface area contributed by atoms with Crippen LogP contribution in [0, 0.1) is 0 Å². The van der Waals surface area contributed by atoms with Crippen molar-refractivity contribution in [3.63, 3.8) is 0 Å². The van der Waals surface area contributed by atoms with Gasteiger partial charge in [0.1, 0.15) is 11.4 Å². The van der Waals surface area contributed by atoms with E-state index in [0.29, 0.717) is 34.8 Å². The van der Waals surface area contributed by atoms with Crippen LogP contribution in [0.25, 0.3) is 32.5 Å². The van der Waals surface area contributed by atoms with E-state index in [-0.39, 0.29) is 5.56 Å². The lowest BCUT2D eigenvalue weighted by atomic mass is 10.1. The van der Waals surface area contributed by atoms with Crippen LogP contribution in [0.1, 0.15) is 12.0 Å². The first-order chi connectivity index (χ1) is 15.2. The highest BCUT2D eigenvalue weighted by molar-refractivity contribution is 7.17. The minimum absolute atomic E-state index is 0.115. The second-order valence-electron chi connectivity index (χ2n) is 7.31. The van der Waals surface area contributed by atoms with Crippen molar-refractivity contribution in [2.75, 3.05) is 6.61 Å². The van der Waals surface area contributed by atoms with Crippen molar-refractivity contribution >= 4 is 32.3 Å². The quantitative estimate of drug-likeness (QED) is 0.369. The predicted octanol–water partition coefficient (Wildman–Crippen LogP) is 4.62. The molecule has 4 heterocycles. The molecule has 0 N–H and O–H groups in total. The first kappa shape index (κ1) is 19.4. The fourth-order valence-corrected chi connectivity index (χ4v) is 4.36. The van der Waals surface area contributed by atoms with E-state index in [1.165, 1.54) is 5.56 Å². The maximum atomic E-state index is 13.0. The van der Waals surface area contributed by atoms with Crippen LogP contribution in [0.5, 0.6) is 5.75 Å². The number of hydrogen-bond acceptors (Lipinski definition) is 6. The molecule has 5 rings (SSSR count). The summed E-state index contributed by atoms with van der Waals surface area (Å²) in [6.07, 6.45) is 7.22. The van der Waals surface area contributed by atoms with E-state index in [4.69, 9.17) is 9.72 Å². The van der Waals surface area contributed by atoms with E-state index in [1.807, 2.05) is 48.0 Å². The molecular formula is C24H20N4O2S. The molecule has 0 aliphatic heterocycles. The Morgan fingerprint density at radius 3 is 2.84 bits per heavy atom. The number of thiophene rings is 1. The van der Waals surface area contributed by atoms with Gasteiger partial charge >= 0.3 is 0 Å². The lowest BCUT2D eigenvalue weighted by Crippen LogP contribution is -2.20. The molecular weight excluding hydrogens is 408 g/mol. The molecule has 4 aromatic heterocycles. The summed E-state index contributed by atoms with van der Waals surface area (Å²) in [4.78, 5) is 26.3. The Balaban J connectivity index is 1.38. The van der Waals surface area contributed by atoms with Gasteiger partial charge in [-0.3, -0.25) is 19.3 Å². The molecule has 0 fully saturated rings. The molecule has 0 aliphatic rings. The number of aromatic nitrogens is 4. The maximum Gasteiger partial charge on any atom is 0.261 e. The van der Waals surface area contributed by atoms with Crippen LogP contribution in [0.3, 0.4) is 0 Å². The Bertz CT molecular complexity index is 1430. The molecule has 0 bridgehead atoms. The van der Waals surface area contributed by atoms with E-state index in [9.17, 15) is 4.79 Å². The van der Waals surface area contributed by atoms with E-state index < -0.39 is 0 Å². The van der Waals surface area contributed by atoms with Gasteiger partial charge in [-0.1, -0.05) is 0 Å². The number of pyridine rings is 2. The zero-order valence-electron chi connectivity index (χ0n) is 17.0. The molecule has 0 saturated carbocycles. The SMILES string of the molecule is Cn1c(-c2cc3sccc3cn2)nc2ccc(OCCCc3ccncc3)cc2c1=O. The topological polar surface area (TPSA) is 69.9 Å². The monoisotopic (exact) mass is 428 g/mol. The van der Waals surface area contributed by atoms with Gasteiger partial charge in [-0.15, -0.1) is 11.3 Å². The Hall–Kier alpha value is -3.58. The molecule has 0 radical (unpaired) electrons. The first-order valence-electron chi connectivity index (χ1n) is 10.1. The fourth-order valence-electron chi connectivity index (χ4n) is 3.56. The summed E-state index contributed by atoms with van der Waals surface area (Å²) in [6.45, 7) is 0.574. The predicted molar refractivity (Wildman–Crippen MR) is 124 cm³/mol. The van der Waals surface area contributed by atoms with Gasteiger partial charge in [-0.05, 0) is 66.2 Å². The van der Waals surface area contributed by atoms with Gasteiger partial charge in [0.15, 0.2) is 5.82 Å². The van der Waals surface area contributed by atoms with Crippen molar-refractivity contribution in [3.8, 4) is 17.3 Å². The van der Waals surface area contributed by atoms with Crippen molar-refractivity contribution in [1.29, 1.82) is 0 Å². The summed E-state index contributed by atoms with van der Waals surface area (Å²) < 4.78 is 8.56. The van der Waals surface area contributed by atoms with Crippen molar-refractivity contribution in [2.45, 2.75) is 12.8 Å². The van der Waals surface area contributed by atoms with Crippen LogP contribution in [0.4, 0.5) is 0 Å². The Kier molecular flexibility index (Phi) is 5.18. The highest BCUT2D eigenvalue weighted by Gasteiger charge is 2.13. The third kappa shape index (κ3) is 3.92. The fraction of sp³-hybridized carbons (Fsp3) is 0.167. The van der Waals surface area contributed by atoms with Gasteiger partial charge in [0.2, 0.25) is 0 Å². The molecule has 7 heteroatoms. The summed E-state index contributed by atoms with van der Waals surface area (Å²) in [5.74, 6) is 1.23. The van der Waals surface area contributed by atoms with Gasteiger partial charge in [0.05, 0.1) is 17.5 Å². The molecule has 0 unspecified atom stereocenters. The van der Waals surface area contributed by atoms with E-state index in [2.05, 4.69) is 9.97 Å². The second-order valence-corrected chi connectivity index (χ2v) is 8.26. The molecule has 0 aliphatic carbocycles. The minimum atomic E-state index is -0.115. The van der Waals surface area contributed by atoms with Crippen molar-refractivity contribution in [3.05, 3.63) is 82.4 Å². The first-order valence-corrected chi connectivity index (χ1v) is 10.9. The largest absolute Gasteiger partial charge is 0.494 e. The lowest BCUT2D eigenvalue weighted by Gasteiger charge is -2.11. The third-order valence-electron chi connectivity index (χ3n) is 5.24. The molecule has 0 spiro atoms. The number of nitrogens with zero attached hydrogens (tertiary/aromatic N) is 4. The number of benzene rings is 1. The smallest absolute Gasteiger partial charge is 0.261 e. The van der Waals surface area contributed by atoms with Gasteiger partial charge in [-0.2, -0.15) is 0 Å². The lowest BCUT2D eigenvalue weighted by molar-refractivity contribution is 0.311. The number of fused-ring (bicyclic) bond motifs is 2. The molecule has 0 saturated heterocycles. The third-order valence-corrected chi connectivity index (χ3v) is 6.12. The second kappa shape index (κ2) is 8.28. The van der Waals surface area contributed by atoms with Crippen LogP contribution in [0.15, 0.2) is 71.2 Å². The molecule has 5 aromatic rings. The van der Waals surface area contributed by atoms with Gasteiger partial charge in [0.25, 0.3) is 5.56 Å². The van der Waals surface area contributed by atoms with Gasteiger partial charge in [-0.25, -0.2) is 4.98 Å². The summed E-state index contributed by atoms with van der Waals surface area (Å²) >= 11 is 1.64. The van der Waals surface area contributed by atoms with Gasteiger partial charge < -0.3 is 4.74 Å². The maximum absolute atomic E-state index is 13.0. The van der Waals surface area contributed by atoms with Crippen LogP contribution in [-0.4, -0.2) is 26.1 Å². The Labute approximate surface area is 182 Å².